The summed E-state index contributed by atoms with van der Waals surface area (Å²) < 4.78 is 0. The molecule has 0 atom stereocenters. The van der Waals surface area contributed by atoms with E-state index in [2.05, 4.69) is 6.92 Å². The summed E-state index contributed by atoms with van der Waals surface area (Å²) >= 11 is 0. The van der Waals surface area contributed by atoms with E-state index >= 15 is 0 Å². The van der Waals surface area contributed by atoms with Crippen LogP contribution in [0.3, 0.4) is 0 Å². The molecule has 4 aliphatic carbocycles. The fraction of sp³-hybridized carbons (Fsp3) is 0.917. The predicted octanol–water partition coefficient (Wildman–Crippen LogP) is 2.65. The van der Waals surface area contributed by atoms with Crippen LogP contribution in [0.2, 0.25) is 0 Å². The zero-order valence-corrected chi connectivity index (χ0v) is 8.33. The normalized spacial score (nSPS) is 58.2. The van der Waals surface area contributed by atoms with E-state index in [4.69, 9.17) is 0 Å². The summed E-state index contributed by atoms with van der Waals surface area (Å²) in [4.78, 5) is 11.2. The first-order chi connectivity index (χ1) is 6.22. The zero-order chi connectivity index (χ0) is 9.05. The van der Waals surface area contributed by atoms with E-state index in [1.165, 1.54) is 38.4 Å². The van der Waals surface area contributed by atoms with Gasteiger partial charge in [-0.1, -0.05) is 6.92 Å². The first-order valence-electron chi connectivity index (χ1n) is 5.68. The molecule has 1 heteroatoms. The first kappa shape index (κ1) is 8.02. The third-order valence-electron chi connectivity index (χ3n) is 5.15. The van der Waals surface area contributed by atoms with Gasteiger partial charge < -0.3 is 4.79 Å². The lowest BCUT2D eigenvalue weighted by molar-refractivity contribution is -0.140. The highest BCUT2D eigenvalue weighted by Crippen LogP contribution is 2.61. The van der Waals surface area contributed by atoms with Crippen LogP contribution in [0.15, 0.2) is 0 Å². The van der Waals surface area contributed by atoms with Gasteiger partial charge in [-0.2, -0.15) is 0 Å². The van der Waals surface area contributed by atoms with Gasteiger partial charge in [0.05, 0.1) is 0 Å². The lowest BCUT2D eigenvalue weighted by Crippen LogP contribution is -2.52. The lowest BCUT2D eigenvalue weighted by Gasteiger charge is -2.58. The molecule has 4 fully saturated rings. The molecule has 0 N–H and O–H groups in total. The van der Waals surface area contributed by atoms with Gasteiger partial charge in [-0.3, -0.25) is 0 Å². The Morgan fingerprint density at radius 2 is 1.46 bits per heavy atom. The molecule has 1 nitrogen and oxygen atoms in total. The van der Waals surface area contributed by atoms with Gasteiger partial charge in [0.1, 0.15) is 6.29 Å². The Labute approximate surface area is 79.9 Å². The molecule has 13 heavy (non-hydrogen) atoms. The van der Waals surface area contributed by atoms with E-state index in [1.54, 1.807) is 0 Å². The van der Waals surface area contributed by atoms with Crippen molar-refractivity contribution < 1.29 is 4.79 Å². The Morgan fingerprint density at radius 3 is 1.85 bits per heavy atom. The minimum absolute atomic E-state index is 0.0629. The fourth-order valence-electron chi connectivity index (χ4n) is 4.39. The van der Waals surface area contributed by atoms with E-state index in [1.807, 2.05) is 0 Å². The summed E-state index contributed by atoms with van der Waals surface area (Å²) in [6.45, 7) is 2.22. The van der Waals surface area contributed by atoms with Crippen LogP contribution in [0.4, 0.5) is 0 Å². The molecule has 0 amide bonds. The Morgan fingerprint density at radius 1 is 1.00 bits per heavy atom. The van der Waals surface area contributed by atoms with Gasteiger partial charge in [0, 0.05) is 5.41 Å². The molecule has 0 saturated heterocycles. The molecule has 0 radical (unpaired) electrons. The Bertz CT molecular complexity index is 216. The average Bonchev–Trinajstić information content (AvgIpc) is 2.13. The minimum Gasteiger partial charge on any atom is -0.303 e. The Kier molecular flexibility index (Phi) is 1.46. The highest BCUT2D eigenvalue weighted by molar-refractivity contribution is 5.61. The fourth-order valence-corrected chi connectivity index (χ4v) is 4.39. The number of aldehydes is 1. The van der Waals surface area contributed by atoms with Crippen molar-refractivity contribution in [1.29, 1.82) is 0 Å². The second-order valence-corrected chi connectivity index (χ2v) is 5.79. The van der Waals surface area contributed by atoms with E-state index in [-0.39, 0.29) is 5.41 Å². The molecule has 0 aliphatic heterocycles. The Balaban J connectivity index is 1.97. The van der Waals surface area contributed by atoms with Crippen molar-refractivity contribution in [2.45, 2.75) is 39.0 Å². The predicted molar refractivity (Wildman–Crippen MR) is 51.2 cm³/mol. The molecular formula is C12H18O. The van der Waals surface area contributed by atoms with Gasteiger partial charge in [0.2, 0.25) is 0 Å². The SMILES string of the molecule is CC1(C=O)C2CC3CC(C2)CC1C3. The standard InChI is InChI=1S/C12H18O/c1-12(7-13)10-3-8-2-9(5-10)6-11(12)4-8/h7-11H,2-6H2,1H3. The molecule has 0 aromatic heterocycles. The number of carbonyl (C=O) groups excluding carboxylic acids is 1. The quantitative estimate of drug-likeness (QED) is 0.564. The summed E-state index contributed by atoms with van der Waals surface area (Å²) in [7, 11) is 0. The van der Waals surface area contributed by atoms with Crippen molar-refractivity contribution >= 4 is 6.29 Å². The van der Waals surface area contributed by atoms with Crippen LogP contribution in [0, 0.1) is 29.1 Å². The summed E-state index contributed by atoms with van der Waals surface area (Å²) in [5.41, 5.74) is 0.0629. The van der Waals surface area contributed by atoms with Crippen molar-refractivity contribution in [3.05, 3.63) is 0 Å². The molecule has 0 heterocycles. The number of hydrogen-bond donors (Lipinski definition) is 0. The summed E-state index contributed by atoms with van der Waals surface area (Å²) in [5.74, 6) is 3.44. The van der Waals surface area contributed by atoms with Gasteiger partial charge in [-0.25, -0.2) is 0 Å². The summed E-state index contributed by atoms with van der Waals surface area (Å²) in [6.07, 6.45) is 8.15. The first-order valence-corrected chi connectivity index (χ1v) is 5.68. The van der Waals surface area contributed by atoms with Crippen molar-refractivity contribution in [2.75, 3.05) is 0 Å². The van der Waals surface area contributed by atoms with Crippen molar-refractivity contribution in [1.82, 2.24) is 0 Å². The monoisotopic (exact) mass is 178 g/mol. The lowest BCUT2D eigenvalue weighted by atomic mass is 9.46. The summed E-state index contributed by atoms with van der Waals surface area (Å²) in [6, 6.07) is 0. The maximum Gasteiger partial charge on any atom is 0.126 e. The van der Waals surface area contributed by atoms with Gasteiger partial charge in [0.15, 0.2) is 0 Å². The van der Waals surface area contributed by atoms with Crippen LogP contribution in [-0.4, -0.2) is 6.29 Å². The van der Waals surface area contributed by atoms with E-state index < -0.39 is 0 Å². The largest absolute Gasteiger partial charge is 0.303 e. The van der Waals surface area contributed by atoms with E-state index in [0.717, 1.165) is 23.7 Å². The number of hydrogen-bond acceptors (Lipinski definition) is 1. The van der Waals surface area contributed by atoms with Crippen LogP contribution < -0.4 is 0 Å². The van der Waals surface area contributed by atoms with Crippen molar-refractivity contribution in [3.63, 3.8) is 0 Å². The van der Waals surface area contributed by atoms with Gasteiger partial charge >= 0.3 is 0 Å². The molecule has 4 saturated carbocycles. The second kappa shape index (κ2) is 2.37. The van der Waals surface area contributed by atoms with Gasteiger partial charge in [-0.15, -0.1) is 0 Å². The average molecular weight is 178 g/mol. The van der Waals surface area contributed by atoms with Crippen LogP contribution in [0.5, 0.6) is 0 Å². The van der Waals surface area contributed by atoms with Crippen LogP contribution in [0.1, 0.15) is 39.0 Å². The molecule has 4 rings (SSSR count). The van der Waals surface area contributed by atoms with Crippen LogP contribution in [0.25, 0.3) is 0 Å². The molecule has 0 spiro atoms. The Hall–Kier alpha value is -0.330. The van der Waals surface area contributed by atoms with Crippen molar-refractivity contribution in [3.8, 4) is 0 Å². The van der Waals surface area contributed by atoms with Gasteiger partial charge in [-0.05, 0) is 55.8 Å². The smallest absolute Gasteiger partial charge is 0.126 e. The van der Waals surface area contributed by atoms with Gasteiger partial charge in [0.25, 0.3) is 0 Å². The third-order valence-corrected chi connectivity index (χ3v) is 5.15. The molecule has 0 aromatic rings. The highest BCUT2D eigenvalue weighted by atomic mass is 16.1. The number of rotatable bonds is 1. The molecule has 4 bridgehead atoms. The van der Waals surface area contributed by atoms with E-state index in [9.17, 15) is 4.79 Å². The third kappa shape index (κ3) is 0.908. The molecule has 4 aliphatic rings. The maximum atomic E-state index is 11.2. The van der Waals surface area contributed by atoms with Crippen LogP contribution >= 0.6 is 0 Å². The highest BCUT2D eigenvalue weighted by Gasteiger charge is 2.54. The zero-order valence-electron chi connectivity index (χ0n) is 8.33. The molecule has 0 unspecified atom stereocenters. The second-order valence-electron chi connectivity index (χ2n) is 5.79. The van der Waals surface area contributed by atoms with E-state index in [0.29, 0.717) is 0 Å². The topological polar surface area (TPSA) is 17.1 Å². The minimum atomic E-state index is 0.0629. The van der Waals surface area contributed by atoms with Crippen molar-refractivity contribution in [2.24, 2.45) is 29.1 Å². The number of carbonyl (C=O) groups is 1. The molecule has 0 aromatic carbocycles. The molecular weight excluding hydrogens is 160 g/mol. The molecule has 72 valence electrons. The maximum absolute atomic E-state index is 11.2. The summed E-state index contributed by atoms with van der Waals surface area (Å²) in [5, 5.41) is 0. The van der Waals surface area contributed by atoms with Crippen LogP contribution in [-0.2, 0) is 4.79 Å².